The van der Waals surface area contributed by atoms with Crippen molar-refractivity contribution in [2.75, 3.05) is 20.2 Å². The molecule has 1 aromatic rings. The van der Waals surface area contributed by atoms with Gasteiger partial charge in [-0.1, -0.05) is 18.6 Å². The summed E-state index contributed by atoms with van der Waals surface area (Å²) in [6.45, 7) is 1.71. The second kappa shape index (κ2) is 8.11. The van der Waals surface area contributed by atoms with Gasteiger partial charge in [0.1, 0.15) is 5.82 Å². The van der Waals surface area contributed by atoms with E-state index in [2.05, 4.69) is 0 Å². The third kappa shape index (κ3) is 4.56. The zero-order valence-corrected chi connectivity index (χ0v) is 14.5. The van der Waals surface area contributed by atoms with E-state index in [1.807, 2.05) is 17.0 Å². The molecule has 0 aromatic heterocycles. The van der Waals surface area contributed by atoms with Crippen LogP contribution in [-0.4, -0.2) is 37.1 Å². The Kier molecular flexibility index (Phi) is 5.88. The molecule has 1 aromatic carbocycles. The fraction of sp³-hybridized carbons (Fsp3) is 0.650. The van der Waals surface area contributed by atoms with Gasteiger partial charge in [0.15, 0.2) is 0 Å². The third-order valence-corrected chi connectivity index (χ3v) is 5.61. The smallest absolute Gasteiger partial charge is 0.222 e. The van der Waals surface area contributed by atoms with Gasteiger partial charge in [0.2, 0.25) is 5.91 Å². The van der Waals surface area contributed by atoms with Crippen molar-refractivity contribution in [3.63, 3.8) is 0 Å². The molecule has 1 saturated heterocycles. The highest BCUT2D eigenvalue weighted by Crippen LogP contribution is 2.30. The van der Waals surface area contributed by atoms with Crippen LogP contribution in [0.4, 0.5) is 4.39 Å². The highest BCUT2D eigenvalue weighted by molar-refractivity contribution is 5.76. The minimum atomic E-state index is -0.191. The zero-order chi connectivity index (χ0) is 16.9. The van der Waals surface area contributed by atoms with E-state index in [1.54, 1.807) is 7.11 Å². The molecule has 1 aliphatic heterocycles. The van der Waals surface area contributed by atoms with E-state index in [0.717, 1.165) is 50.8 Å². The third-order valence-electron chi connectivity index (χ3n) is 5.61. The summed E-state index contributed by atoms with van der Waals surface area (Å²) >= 11 is 0. The van der Waals surface area contributed by atoms with Crippen LogP contribution in [0, 0.1) is 17.7 Å². The predicted octanol–water partition coefficient (Wildman–Crippen LogP) is 3.81. The van der Waals surface area contributed by atoms with E-state index in [1.165, 1.54) is 18.6 Å². The van der Waals surface area contributed by atoms with E-state index >= 15 is 0 Å². The molecule has 0 unspecified atom stereocenters. The summed E-state index contributed by atoms with van der Waals surface area (Å²) in [7, 11) is 1.77. The Labute approximate surface area is 144 Å². The first-order valence-corrected chi connectivity index (χ1v) is 9.19. The first-order valence-electron chi connectivity index (χ1n) is 9.19. The quantitative estimate of drug-likeness (QED) is 0.820. The van der Waals surface area contributed by atoms with Gasteiger partial charge in [-0.2, -0.15) is 0 Å². The summed E-state index contributed by atoms with van der Waals surface area (Å²) in [6.07, 6.45) is 7.46. The molecular weight excluding hydrogens is 305 g/mol. The molecule has 0 spiro atoms. The normalized spacial score (nSPS) is 27.4. The molecule has 0 N–H and O–H groups in total. The molecule has 3 nitrogen and oxygen atoms in total. The molecule has 1 saturated carbocycles. The van der Waals surface area contributed by atoms with Gasteiger partial charge in [0, 0.05) is 26.6 Å². The minimum absolute atomic E-state index is 0.191. The van der Waals surface area contributed by atoms with Crippen LogP contribution in [0.15, 0.2) is 24.3 Å². The van der Waals surface area contributed by atoms with Crippen molar-refractivity contribution in [3.8, 4) is 0 Å². The maximum atomic E-state index is 13.0. The van der Waals surface area contributed by atoms with E-state index in [9.17, 15) is 9.18 Å². The van der Waals surface area contributed by atoms with Crippen LogP contribution >= 0.6 is 0 Å². The fourth-order valence-corrected chi connectivity index (χ4v) is 4.20. The summed E-state index contributed by atoms with van der Waals surface area (Å²) in [5.74, 6) is 1.09. The van der Waals surface area contributed by atoms with E-state index in [4.69, 9.17) is 4.74 Å². The number of halogens is 1. The number of rotatable bonds is 5. The van der Waals surface area contributed by atoms with Crippen molar-refractivity contribution in [3.05, 3.63) is 35.6 Å². The number of amides is 1. The lowest BCUT2D eigenvalue weighted by molar-refractivity contribution is -0.131. The summed E-state index contributed by atoms with van der Waals surface area (Å²) in [5.41, 5.74) is 1.16. The Morgan fingerprint density at radius 3 is 2.75 bits per heavy atom. The molecule has 4 heteroatoms. The Morgan fingerprint density at radius 1 is 1.21 bits per heavy atom. The second-order valence-corrected chi connectivity index (χ2v) is 7.42. The van der Waals surface area contributed by atoms with Crippen LogP contribution in [-0.2, 0) is 16.0 Å². The first kappa shape index (κ1) is 17.4. The molecule has 132 valence electrons. The lowest BCUT2D eigenvalue weighted by atomic mass is 9.85. The highest BCUT2D eigenvalue weighted by Gasteiger charge is 2.29. The van der Waals surface area contributed by atoms with E-state index in [-0.39, 0.29) is 5.82 Å². The van der Waals surface area contributed by atoms with Gasteiger partial charge in [0.05, 0.1) is 6.10 Å². The van der Waals surface area contributed by atoms with Crippen molar-refractivity contribution in [2.45, 2.75) is 51.0 Å². The molecule has 1 amide bonds. The largest absolute Gasteiger partial charge is 0.381 e. The summed E-state index contributed by atoms with van der Waals surface area (Å²) in [5, 5.41) is 0. The Morgan fingerprint density at radius 2 is 2.00 bits per heavy atom. The average molecular weight is 333 g/mol. The molecule has 2 fully saturated rings. The molecule has 3 atom stereocenters. The molecule has 24 heavy (non-hydrogen) atoms. The summed E-state index contributed by atoms with van der Waals surface area (Å²) in [6, 6.07) is 6.74. The van der Waals surface area contributed by atoms with Crippen LogP contribution in [0.5, 0.6) is 0 Å². The summed E-state index contributed by atoms with van der Waals surface area (Å²) < 4.78 is 18.5. The number of hydrogen-bond acceptors (Lipinski definition) is 2. The standard InChI is InChI=1S/C20H28FNO2/c1-24-19-4-2-3-16(12-19)13-20(23)22-10-9-17(14-22)11-15-5-7-18(21)8-6-15/h5-8,16-17,19H,2-4,9-14H2,1H3/t16-,17-,19-/m1/s1. The topological polar surface area (TPSA) is 29.5 Å². The number of carbonyl (C=O) groups is 1. The number of likely N-dealkylation sites (tertiary alicyclic amines) is 1. The zero-order valence-electron chi connectivity index (χ0n) is 14.5. The lowest BCUT2D eigenvalue weighted by Gasteiger charge is -2.29. The van der Waals surface area contributed by atoms with Crippen molar-refractivity contribution >= 4 is 5.91 Å². The number of hydrogen-bond donors (Lipinski definition) is 0. The number of carbonyl (C=O) groups excluding carboxylic acids is 1. The van der Waals surface area contributed by atoms with Gasteiger partial charge >= 0.3 is 0 Å². The average Bonchev–Trinajstić information content (AvgIpc) is 3.06. The molecule has 1 aliphatic carbocycles. The second-order valence-electron chi connectivity index (χ2n) is 7.42. The molecule has 1 heterocycles. The Bertz CT molecular complexity index is 545. The van der Waals surface area contributed by atoms with Crippen molar-refractivity contribution < 1.29 is 13.9 Å². The van der Waals surface area contributed by atoms with Crippen LogP contribution in [0.3, 0.4) is 0 Å². The number of methoxy groups -OCH3 is 1. The van der Waals surface area contributed by atoms with E-state index in [0.29, 0.717) is 30.3 Å². The highest BCUT2D eigenvalue weighted by atomic mass is 19.1. The van der Waals surface area contributed by atoms with Crippen molar-refractivity contribution in [1.29, 1.82) is 0 Å². The van der Waals surface area contributed by atoms with Crippen molar-refractivity contribution in [1.82, 2.24) is 4.90 Å². The maximum Gasteiger partial charge on any atom is 0.222 e. The summed E-state index contributed by atoms with van der Waals surface area (Å²) in [4.78, 5) is 14.6. The van der Waals surface area contributed by atoms with Gasteiger partial charge in [0.25, 0.3) is 0 Å². The fourth-order valence-electron chi connectivity index (χ4n) is 4.20. The number of nitrogens with zero attached hydrogens (tertiary/aromatic N) is 1. The van der Waals surface area contributed by atoms with Crippen LogP contribution in [0.25, 0.3) is 0 Å². The molecule has 2 aliphatic rings. The van der Waals surface area contributed by atoms with Gasteiger partial charge in [-0.15, -0.1) is 0 Å². The molecule has 0 radical (unpaired) electrons. The van der Waals surface area contributed by atoms with E-state index < -0.39 is 0 Å². The van der Waals surface area contributed by atoms with Crippen LogP contribution < -0.4 is 0 Å². The SMILES string of the molecule is CO[C@@H]1CCC[C@@H](CC(=O)N2CC[C@H](Cc3ccc(F)cc3)C2)C1. The van der Waals surface area contributed by atoms with Gasteiger partial charge < -0.3 is 9.64 Å². The minimum Gasteiger partial charge on any atom is -0.381 e. The number of benzene rings is 1. The molecule has 3 rings (SSSR count). The lowest BCUT2D eigenvalue weighted by Crippen LogP contribution is -2.32. The van der Waals surface area contributed by atoms with Gasteiger partial charge in [-0.3, -0.25) is 4.79 Å². The van der Waals surface area contributed by atoms with Gasteiger partial charge in [-0.05, 0) is 61.6 Å². The maximum absolute atomic E-state index is 13.0. The van der Waals surface area contributed by atoms with Crippen LogP contribution in [0.2, 0.25) is 0 Å². The molecule has 0 bridgehead atoms. The Balaban J connectivity index is 1.46. The van der Waals surface area contributed by atoms with Crippen LogP contribution in [0.1, 0.15) is 44.1 Å². The Hall–Kier alpha value is -1.42. The van der Waals surface area contributed by atoms with Gasteiger partial charge in [-0.25, -0.2) is 4.39 Å². The molecular formula is C20H28FNO2. The first-order chi connectivity index (χ1) is 11.6. The number of ether oxygens (including phenoxy) is 1. The van der Waals surface area contributed by atoms with Crippen molar-refractivity contribution in [2.24, 2.45) is 11.8 Å². The predicted molar refractivity (Wildman–Crippen MR) is 92.2 cm³/mol. The monoisotopic (exact) mass is 333 g/mol.